The zero-order valence-electron chi connectivity index (χ0n) is 9.57. The van der Waals surface area contributed by atoms with Crippen molar-refractivity contribution in [1.82, 2.24) is 0 Å². The molecule has 0 unspecified atom stereocenters. The van der Waals surface area contributed by atoms with Gasteiger partial charge in [-0.3, -0.25) is 0 Å². The Bertz CT molecular complexity index is 440. The van der Waals surface area contributed by atoms with Crippen LogP contribution < -0.4 is 9.47 Å². The minimum Gasteiger partial charge on any atom is -0.493 e. The van der Waals surface area contributed by atoms with Crippen molar-refractivity contribution >= 4 is 28.0 Å². The molecule has 1 N–H and O–H groups in total. The Hall–Kier alpha value is -1.49. The van der Waals surface area contributed by atoms with Crippen LogP contribution in [0, 0.1) is 0 Å². The molecule has 17 heavy (non-hydrogen) atoms. The van der Waals surface area contributed by atoms with E-state index >= 15 is 0 Å². The number of ether oxygens (including phenoxy) is 2. The van der Waals surface area contributed by atoms with Gasteiger partial charge < -0.3 is 14.6 Å². The van der Waals surface area contributed by atoms with E-state index in [1.165, 1.54) is 13.2 Å². The van der Waals surface area contributed by atoms with Gasteiger partial charge in [0.05, 0.1) is 18.2 Å². The van der Waals surface area contributed by atoms with Crippen LogP contribution in [0.4, 0.5) is 0 Å². The topological polar surface area (TPSA) is 55.8 Å². The summed E-state index contributed by atoms with van der Waals surface area (Å²) in [6, 6.07) is 3.49. The maximum Gasteiger partial charge on any atom is 0.328 e. The zero-order chi connectivity index (χ0) is 12.8. The lowest BCUT2D eigenvalue weighted by molar-refractivity contribution is -0.131. The highest BCUT2D eigenvalue weighted by molar-refractivity contribution is 9.10. The van der Waals surface area contributed by atoms with Crippen LogP contribution in [-0.2, 0) is 4.79 Å². The minimum atomic E-state index is -0.992. The van der Waals surface area contributed by atoms with Gasteiger partial charge in [-0.25, -0.2) is 4.79 Å². The van der Waals surface area contributed by atoms with Gasteiger partial charge in [-0.1, -0.05) is 0 Å². The van der Waals surface area contributed by atoms with Gasteiger partial charge in [0.1, 0.15) is 0 Å². The monoisotopic (exact) mass is 300 g/mol. The van der Waals surface area contributed by atoms with Crippen LogP contribution in [0.1, 0.15) is 12.5 Å². The van der Waals surface area contributed by atoms with E-state index in [2.05, 4.69) is 15.9 Å². The molecule has 1 rings (SSSR count). The molecule has 0 aliphatic carbocycles. The summed E-state index contributed by atoms with van der Waals surface area (Å²) in [4.78, 5) is 10.4. The molecule has 0 atom stereocenters. The fraction of sp³-hybridized carbons (Fsp3) is 0.250. The van der Waals surface area contributed by atoms with E-state index in [4.69, 9.17) is 14.6 Å². The van der Waals surface area contributed by atoms with Crippen molar-refractivity contribution in [1.29, 1.82) is 0 Å². The molecule has 92 valence electrons. The number of aliphatic carboxylic acids is 1. The van der Waals surface area contributed by atoms with Crippen molar-refractivity contribution in [2.75, 3.05) is 13.7 Å². The average molecular weight is 301 g/mol. The number of hydrogen-bond donors (Lipinski definition) is 1. The third-order valence-electron chi connectivity index (χ3n) is 1.96. The van der Waals surface area contributed by atoms with E-state index in [-0.39, 0.29) is 0 Å². The van der Waals surface area contributed by atoms with Crippen LogP contribution in [0.2, 0.25) is 0 Å². The molecule has 4 nitrogen and oxygen atoms in total. The van der Waals surface area contributed by atoms with Crippen LogP contribution in [-0.4, -0.2) is 24.8 Å². The van der Waals surface area contributed by atoms with Crippen LogP contribution in [0.15, 0.2) is 22.7 Å². The predicted octanol–water partition coefficient (Wildman–Crippen LogP) is 2.95. The second kappa shape index (κ2) is 6.30. The Morgan fingerprint density at radius 2 is 2.24 bits per heavy atom. The van der Waals surface area contributed by atoms with Crippen LogP contribution >= 0.6 is 15.9 Å². The summed E-state index contributed by atoms with van der Waals surface area (Å²) in [7, 11) is 1.54. The summed E-state index contributed by atoms with van der Waals surface area (Å²) in [5.41, 5.74) is 0.722. The van der Waals surface area contributed by atoms with Crippen molar-refractivity contribution in [3.05, 3.63) is 28.2 Å². The number of carbonyl (C=O) groups is 1. The van der Waals surface area contributed by atoms with E-state index in [0.29, 0.717) is 18.1 Å². The fourth-order valence-corrected chi connectivity index (χ4v) is 1.86. The highest BCUT2D eigenvalue weighted by Crippen LogP contribution is 2.36. The fourth-order valence-electron chi connectivity index (χ4n) is 1.29. The standard InChI is InChI=1S/C12H13BrO4/c1-3-17-12-9(13)6-8(4-5-11(14)15)7-10(12)16-2/h4-7H,3H2,1-2H3,(H,14,15)/b5-4+. The summed E-state index contributed by atoms with van der Waals surface area (Å²) in [5.74, 6) is 0.183. The first-order valence-corrected chi connectivity index (χ1v) is 5.79. The van der Waals surface area contributed by atoms with Crippen LogP contribution in [0.5, 0.6) is 11.5 Å². The maximum atomic E-state index is 10.4. The van der Waals surface area contributed by atoms with Crippen molar-refractivity contribution in [2.45, 2.75) is 6.92 Å². The summed E-state index contributed by atoms with van der Waals surface area (Å²) in [5, 5.41) is 8.55. The zero-order valence-corrected chi connectivity index (χ0v) is 11.2. The first kappa shape index (κ1) is 13.6. The summed E-state index contributed by atoms with van der Waals surface area (Å²) < 4.78 is 11.3. The van der Waals surface area contributed by atoms with Gasteiger partial charge in [0.25, 0.3) is 0 Å². The van der Waals surface area contributed by atoms with Gasteiger partial charge in [-0.2, -0.15) is 0 Å². The minimum absolute atomic E-state index is 0.527. The number of carboxylic acid groups (broad SMARTS) is 1. The number of hydrogen-bond acceptors (Lipinski definition) is 3. The molecule has 0 aliphatic heterocycles. The van der Waals surface area contributed by atoms with E-state index < -0.39 is 5.97 Å². The Kier molecular flexibility index (Phi) is 5.03. The molecular formula is C12H13BrO4. The first-order chi connectivity index (χ1) is 8.08. The average Bonchev–Trinajstić information content (AvgIpc) is 2.29. The summed E-state index contributed by atoms with van der Waals surface area (Å²) in [6.07, 6.45) is 2.56. The van der Waals surface area contributed by atoms with Gasteiger partial charge in [-0.05, 0) is 46.6 Å². The summed E-state index contributed by atoms with van der Waals surface area (Å²) in [6.45, 7) is 2.41. The molecule has 0 saturated heterocycles. The number of halogens is 1. The number of methoxy groups -OCH3 is 1. The van der Waals surface area contributed by atoms with E-state index in [9.17, 15) is 4.79 Å². The lowest BCUT2D eigenvalue weighted by atomic mass is 10.2. The van der Waals surface area contributed by atoms with Gasteiger partial charge >= 0.3 is 5.97 Å². The van der Waals surface area contributed by atoms with Crippen LogP contribution in [0.3, 0.4) is 0 Å². The molecule has 0 spiro atoms. The molecule has 1 aromatic rings. The molecule has 0 radical (unpaired) electrons. The van der Waals surface area contributed by atoms with Gasteiger partial charge in [-0.15, -0.1) is 0 Å². The lowest BCUT2D eigenvalue weighted by Crippen LogP contribution is -1.97. The molecule has 0 amide bonds. The molecule has 0 saturated carbocycles. The van der Waals surface area contributed by atoms with E-state index in [1.807, 2.05) is 6.92 Å². The van der Waals surface area contributed by atoms with E-state index in [0.717, 1.165) is 16.1 Å². The molecule has 0 bridgehead atoms. The molecule has 0 heterocycles. The largest absolute Gasteiger partial charge is 0.493 e. The number of rotatable bonds is 5. The summed E-state index contributed by atoms with van der Waals surface area (Å²) >= 11 is 3.36. The maximum absolute atomic E-state index is 10.4. The van der Waals surface area contributed by atoms with Crippen molar-refractivity contribution in [3.63, 3.8) is 0 Å². The van der Waals surface area contributed by atoms with Gasteiger partial charge in [0.15, 0.2) is 11.5 Å². The third-order valence-corrected chi connectivity index (χ3v) is 2.55. The SMILES string of the molecule is CCOc1c(Br)cc(/C=C/C(=O)O)cc1OC. The molecule has 5 heteroatoms. The first-order valence-electron chi connectivity index (χ1n) is 4.99. The second-order valence-corrected chi connectivity index (χ2v) is 3.99. The molecule has 1 aromatic carbocycles. The van der Waals surface area contributed by atoms with Gasteiger partial charge in [0, 0.05) is 6.08 Å². The van der Waals surface area contributed by atoms with Crippen molar-refractivity contribution in [2.24, 2.45) is 0 Å². The normalized spacial score (nSPS) is 10.5. The molecule has 0 aliphatic rings. The highest BCUT2D eigenvalue weighted by atomic mass is 79.9. The molecule has 0 aromatic heterocycles. The highest BCUT2D eigenvalue weighted by Gasteiger charge is 2.10. The quantitative estimate of drug-likeness (QED) is 0.850. The Labute approximate surface area is 108 Å². The molecule has 0 fully saturated rings. The Balaban J connectivity index is 3.12. The number of benzene rings is 1. The van der Waals surface area contributed by atoms with Crippen LogP contribution in [0.25, 0.3) is 6.08 Å². The lowest BCUT2D eigenvalue weighted by Gasteiger charge is -2.12. The van der Waals surface area contributed by atoms with Gasteiger partial charge in [0.2, 0.25) is 0 Å². The second-order valence-electron chi connectivity index (χ2n) is 3.14. The predicted molar refractivity (Wildman–Crippen MR) is 68.5 cm³/mol. The third kappa shape index (κ3) is 3.78. The Morgan fingerprint density at radius 3 is 2.76 bits per heavy atom. The smallest absolute Gasteiger partial charge is 0.328 e. The number of carboxylic acids is 1. The molecular weight excluding hydrogens is 288 g/mol. The Morgan fingerprint density at radius 1 is 1.53 bits per heavy atom. The van der Waals surface area contributed by atoms with E-state index in [1.54, 1.807) is 12.1 Å². The van der Waals surface area contributed by atoms with Crippen molar-refractivity contribution < 1.29 is 19.4 Å². The van der Waals surface area contributed by atoms with Crippen molar-refractivity contribution in [3.8, 4) is 11.5 Å².